The van der Waals surface area contributed by atoms with E-state index in [2.05, 4.69) is 15.5 Å². The zero-order chi connectivity index (χ0) is 17.6. The molecule has 136 valence electrons. The molecule has 3 fully saturated rings. The van der Waals surface area contributed by atoms with E-state index >= 15 is 0 Å². The molecule has 26 heavy (non-hydrogen) atoms. The van der Waals surface area contributed by atoms with Crippen molar-refractivity contribution in [2.75, 3.05) is 18.4 Å². The van der Waals surface area contributed by atoms with E-state index in [4.69, 9.17) is 4.42 Å². The largest absolute Gasteiger partial charge is 0.403 e. The first-order chi connectivity index (χ1) is 12.7. The summed E-state index contributed by atoms with van der Waals surface area (Å²) in [6.07, 6.45) is 7.19. The molecule has 1 aromatic heterocycles. The van der Waals surface area contributed by atoms with Gasteiger partial charge in [-0.15, -0.1) is 5.10 Å². The third-order valence-corrected chi connectivity index (χ3v) is 6.18. The second-order valence-corrected chi connectivity index (χ2v) is 8.06. The lowest BCUT2D eigenvalue weighted by Gasteiger charge is -2.34. The van der Waals surface area contributed by atoms with Crippen molar-refractivity contribution in [1.82, 2.24) is 15.1 Å². The van der Waals surface area contributed by atoms with Gasteiger partial charge in [0.25, 0.3) is 0 Å². The summed E-state index contributed by atoms with van der Waals surface area (Å²) in [6, 6.07) is 9.78. The third kappa shape index (κ3) is 3.08. The number of carbonyl (C=O) groups is 1. The van der Waals surface area contributed by atoms with E-state index in [1.807, 2.05) is 35.2 Å². The number of benzene rings is 1. The molecule has 5 rings (SSSR count). The van der Waals surface area contributed by atoms with Gasteiger partial charge in [0.05, 0.1) is 0 Å². The van der Waals surface area contributed by atoms with Crippen LogP contribution in [0.2, 0.25) is 0 Å². The highest BCUT2D eigenvalue weighted by molar-refractivity contribution is 5.85. The summed E-state index contributed by atoms with van der Waals surface area (Å²) in [5.41, 5.74) is 1.46. The lowest BCUT2D eigenvalue weighted by Crippen LogP contribution is -2.47. The Balaban J connectivity index is 1.28. The number of carbonyl (C=O) groups excluding carboxylic acids is 1. The number of anilines is 1. The average molecular weight is 352 g/mol. The minimum absolute atomic E-state index is 0.197. The molecule has 6 nitrogen and oxygen atoms in total. The van der Waals surface area contributed by atoms with Gasteiger partial charge in [0.2, 0.25) is 11.8 Å². The fraction of sp³-hybridized carbons (Fsp3) is 0.550. The second kappa shape index (κ2) is 6.11. The van der Waals surface area contributed by atoms with Crippen LogP contribution in [0.1, 0.15) is 38.5 Å². The molecule has 0 unspecified atom stereocenters. The van der Waals surface area contributed by atoms with Crippen molar-refractivity contribution in [3.63, 3.8) is 0 Å². The van der Waals surface area contributed by atoms with Gasteiger partial charge in [-0.3, -0.25) is 4.79 Å². The molecule has 2 aliphatic carbocycles. The van der Waals surface area contributed by atoms with Gasteiger partial charge in [-0.05, 0) is 62.0 Å². The van der Waals surface area contributed by atoms with Crippen LogP contribution in [0.25, 0.3) is 11.5 Å². The Bertz CT molecular complexity index is 785. The van der Waals surface area contributed by atoms with Crippen molar-refractivity contribution in [1.29, 1.82) is 0 Å². The van der Waals surface area contributed by atoms with E-state index in [0.717, 1.165) is 44.3 Å². The predicted molar refractivity (Wildman–Crippen MR) is 97.3 cm³/mol. The van der Waals surface area contributed by atoms with Crippen LogP contribution in [0, 0.1) is 11.3 Å². The van der Waals surface area contributed by atoms with Crippen molar-refractivity contribution in [2.45, 2.75) is 44.6 Å². The Morgan fingerprint density at radius 3 is 2.50 bits per heavy atom. The third-order valence-electron chi connectivity index (χ3n) is 6.18. The number of nitrogens with one attached hydrogen (secondary N) is 1. The van der Waals surface area contributed by atoms with Crippen LogP contribution in [0.15, 0.2) is 34.7 Å². The SMILES string of the molecule is O=C([C@H](Nc1nnc(-c2ccccc2)o1)C1CC1)N1CCC2(CC1)CC2. The first-order valence-electron chi connectivity index (χ1n) is 9.67. The molecule has 1 aromatic carbocycles. The van der Waals surface area contributed by atoms with Gasteiger partial charge in [-0.2, -0.15) is 0 Å². The number of nitrogens with zero attached hydrogens (tertiary/aromatic N) is 3. The van der Waals surface area contributed by atoms with E-state index in [1.54, 1.807) is 0 Å². The minimum atomic E-state index is -0.243. The summed E-state index contributed by atoms with van der Waals surface area (Å²) in [4.78, 5) is 15.1. The van der Waals surface area contributed by atoms with Gasteiger partial charge in [-0.1, -0.05) is 23.3 Å². The Morgan fingerprint density at radius 2 is 1.85 bits per heavy atom. The molecule has 1 N–H and O–H groups in total. The maximum atomic E-state index is 13.1. The number of aromatic nitrogens is 2. The lowest BCUT2D eigenvalue weighted by molar-refractivity contribution is -0.134. The van der Waals surface area contributed by atoms with Crippen LogP contribution in [0.4, 0.5) is 6.01 Å². The van der Waals surface area contributed by atoms with E-state index in [0.29, 0.717) is 23.2 Å². The Kier molecular flexibility index (Phi) is 3.72. The minimum Gasteiger partial charge on any atom is -0.403 e. The first kappa shape index (κ1) is 15.9. The highest BCUT2D eigenvalue weighted by Crippen LogP contribution is 2.53. The van der Waals surface area contributed by atoms with Gasteiger partial charge in [0.15, 0.2) is 0 Å². The molecule has 3 aliphatic rings. The average Bonchev–Trinajstić information content (AvgIpc) is 3.61. The molecule has 2 aromatic rings. The monoisotopic (exact) mass is 352 g/mol. The highest BCUT2D eigenvalue weighted by Gasteiger charge is 2.47. The lowest BCUT2D eigenvalue weighted by atomic mass is 9.93. The van der Waals surface area contributed by atoms with Crippen LogP contribution in [-0.4, -0.2) is 40.1 Å². The molecular weight excluding hydrogens is 328 g/mol. The van der Waals surface area contributed by atoms with Crippen molar-refractivity contribution < 1.29 is 9.21 Å². The summed E-state index contributed by atoms with van der Waals surface area (Å²) in [5, 5.41) is 11.5. The quantitative estimate of drug-likeness (QED) is 0.894. The first-order valence-corrected chi connectivity index (χ1v) is 9.67. The molecule has 2 heterocycles. The fourth-order valence-electron chi connectivity index (χ4n) is 4.00. The van der Waals surface area contributed by atoms with E-state index in [9.17, 15) is 4.79 Å². The summed E-state index contributed by atoms with van der Waals surface area (Å²) in [7, 11) is 0. The Hall–Kier alpha value is -2.37. The topological polar surface area (TPSA) is 71.3 Å². The molecule has 1 atom stereocenters. The number of amides is 1. The van der Waals surface area contributed by atoms with Gasteiger partial charge in [0.1, 0.15) is 6.04 Å². The fourth-order valence-corrected chi connectivity index (χ4v) is 4.00. The molecule has 2 saturated carbocycles. The number of piperidine rings is 1. The summed E-state index contributed by atoms with van der Waals surface area (Å²) >= 11 is 0. The van der Waals surface area contributed by atoms with E-state index in [-0.39, 0.29) is 11.9 Å². The number of likely N-dealkylation sites (tertiary alicyclic amines) is 1. The van der Waals surface area contributed by atoms with Crippen molar-refractivity contribution in [2.24, 2.45) is 11.3 Å². The van der Waals surface area contributed by atoms with Crippen LogP contribution < -0.4 is 5.32 Å². The molecule has 1 spiro atoms. The van der Waals surface area contributed by atoms with E-state index < -0.39 is 0 Å². The molecule has 1 saturated heterocycles. The van der Waals surface area contributed by atoms with Crippen molar-refractivity contribution in [3.8, 4) is 11.5 Å². The zero-order valence-electron chi connectivity index (χ0n) is 14.9. The predicted octanol–water partition coefficient (Wildman–Crippen LogP) is 3.33. The summed E-state index contributed by atoms with van der Waals surface area (Å²) < 4.78 is 5.75. The Morgan fingerprint density at radius 1 is 1.12 bits per heavy atom. The normalized spacial score (nSPS) is 22.2. The van der Waals surface area contributed by atoms with Crippen LogP contribution in [-0.2, 0) is 4.79 Å². The van der Waals surface area contributed by atoms with Crippen LogP contribution >= 0.6 is 0 Å². The second-order valence-electron chi connectivity index (χ2n) is 8.06. The van der Waals surface area contributed by atoms with Gasteiger partial charge < -0.3 is 14.6 Å². The number of hydrogen-bond acceptors (Lipinski definition) is 5. The van der Waals surface area contributed by atoms with Gasteiger partial charge in [0, 0.05) is 18.7 Å². The smallest absolute Gasteiger partial charge is 0.316 e. The highest BCUT2D eigenvalue weighted by atomic mass is 16.4. The van der Waals surface area contributed by atoms with Gasteiger partial charge >= 0.3 is 6.01 Å². The van der Waals surface area contributed by atoms with Crippen LogP contribution in [0.5, 0.6) is 0 Å². The van der Waals surface area contributed by atoms with Crippen molar-refractivity contribution in [3.05, 3.63) is 30.3 Å². The standard InChI is InChI=1S/C20H24N4O2/c25-18(24-12-10-20(8-9-20)11-13-24)16(14-6-7-14)21-19-23-22-17(26-19)15-4-2-1-3-5-15/h1-5,14,16H,6-13H2,(H,21,23)/t16-/m1/s1. The van der Waals surface area contributed by atoms with E-state index in [1.165, 1.54) is 12.8 Å². The molecule has 0 radical (unpaired) electrons. The van der Waals surface area contributed by atoms with Crippen molar-refractivity contribution >= 4 is 11.9 Å². The van der Waals surface area contributed by atoms with Gasteiger partial charge in [-0.25, -0.2) is 0 Å². The summed E-state index contributed by atoms with van der Waals surface area (Å²) in [5.74, 6) is 1.05. The molecule has 6 heteroatoms. The zero-order valence-corrected chi connectivity index (χ0v) is 14.9. The molecule has 0 bridgehead atoms. The number of rotatable bonds is 5. The van der Waals surface area contributed by atoms with Crippen LogP contribution in [0.3, 0.4) is 0 Å². The molecule has 1 amide bonds. The maximum absolute atomic E-state index is 13.1. The maximum Gasteiger partial charge on any atom is 0.316 e. The molecule has 1 aliphatic heterocycles. The Labute approximate surface area is 153 Å². The number of hydrogen-bond donors (Lipinski definition) is 1. The molecular formula is C20H24N4O2. The summed E-state index contributed by atoms with van der Waals surface area (Å²) in [6.45, 7) is 1.78.